The van der Waals surface area contributed by atoms with Crippen LogP contribution in [0.25, 0.3) is 34.2 Å². The van der Waals surface area contributed by atoms with Crippen LogP contribution in [0.1, 0.15) is 10.8 Å². The molecular weight excluding hydrogens is 422 g/mol. The van der Waals surface area contributed by atoms with Gasteiger partial charge in [-0.3, -0.25) is 10.1 Å². The fourth-order valence-corrected chi connectivity index (χ4v) is 3.69. The molecule has 2 aromatic heterocycles. The molecule has 0 amide bonds. The zero-order valence-electron chi connectivity index (χ0n) is 15.3. The Morgan fingerprint density at radius 3 is 2.47 bits per heavy atom. The summed E-state index contributed by atoms with van der Waals surface area (Å²) < 4.78 is 5.79. The Labute approximate surface area is 180 Å². The SMILES string of the molecule is N#C/C(=C\c1ccc(-c2ccc([N+](=O)[O-])cc2)o1)c1nc(-c2ccc(Cl)cc2)cs1. The van der Waals surface area contributed by atoms with Crippen LogP contribution in [0.5, 0.6) is 0 Å². The number of nitrogens with zero attached hydrogens (tertiary/aromatic N) is 3. The number of furan rings is 1. The lowest BCUT2D eigenvalue weighted by atomic mass is 10.1. The van der Waals surface area contributed by atoms with Gasteiger partial charge in [-0.15, -0.1) is 11.3 Å². The summed E-state index contributed by atoms with van der Waals surface area (Å²) >= 11 is 7.29. The number of nitro benzene ring substituents is 1. The predicted molar refractivity (Wildman–Crippen MR) is 117 cm³/mol. The zero-order chi connectivity index (χ0) is 21.1. The molecule has 0 unspecified atom stereocenters. The Morgan fingerprint density at radius 1 is 1.10 bits per heavy atom. The topological polar surface area (TPSA) is 93.0 Å². The van der Waals surface area contributed by atoms with E-state index in [-0.39, 0.29) is 5.69 Å². The largest absolute Gasteiger partial charge is 0.457 e. The molecule has 0 aliphatic heterocycles. The number of non-ortho nitro benzene ring substituents is 1. The van der Waals surface area contributed by atoms with E-state index in [4.69, 9.17) is 16.0 Å². The molecule has 2 aromatic carbocycles. The highest BCUT2D eigenvalue weighted by Gasteiger charge is 2.12. The van der Waals surface area contributed by atoms with E-state index < -0.39 is 4.92 Å². The number of nitro groups is 1. The number of halogens is 1. The third kappa shape index (κ3) is 4.15. The molecule has 0 fully saturated rings. The molecular formula is C22H12ClN3O3S. The van der Waals surface area contributed by atoms with Crippen LogP contribution in [0.4, 0.5) is 5.69 Å². The molecule has 0 saturated carbocycles. The third-order valence-corrected chi connectivity index (χ3v) is 5.40. The van der Waals surface area contributed by atoms with Gasteiger partial charge in [-0.1, -0.05) is 23.7 Å². The first-order valence-electron chi connectivity index (χ1n) is 8.72. The predicted octanol–water partition coefficient (Wildman–Crippen LogP) is 6.70. The van der Waals surface area contributed by atoms with E-state index in [0.29, 0.717) is 32.7 Å². The van der Waals surface area contributed by atoms with Gasteiger partial charge < -0.3 is 4.42 Å². The van der Waals surface area contributed by atoms with Gasteiger partial charge in [0, 0.05) is 39.7 Å². The number of thiazole rings is 1. The first-order chi connectivity index (χ1) is 14.5. The first kappa shape index (κ1) is 19.6. The van der Waals surface area contributed by atoms with E-state index in [2.05, 4.69) is 11.1 Å². The van der Waals surface area contributed by atoms with Gasteiger partial charge in [0.05, 0.1) is 16.2 Å². The minimum atomic E-state index is -0.453. The lowest BCUT2D eigenvalue weighted by Gasteiger charge is -1.97. The average Bonchev–Trinajstić information content (AvgIpc) is 3.42. The van der Waals surface area contributed by atoms with Crippen LogP contribution >= 0.6 is 22.9 Å². The number of nitriles is 1. The van der Waals surface area contributed by atoms with Crippen LogP contribution < -0.4 is 0 Å². The van der Waals surface area contributed by atoms with E-state index >= 15 is 0 Å². The van der Waals surface area contributed by atoms with Crippen molar-refractivity contribution in [2.45, 2.75) is 0 Å². The summed E-state index contributed by atoms with van der Waals surface area (Å²) in [7, 11) is 0. The second-order valence-electron chi connectivity index (χ2n) is 6.22. The Kier molecular flexibility index (Phi) is 5.44. The molecule has 0 aliphatic rings. The monoisotopic (exact) mass is 433 g/mol. The molecule has 0 spiro atoms. The number of hydrogen-bond donors (Lipinski definition) is 0. The quantitative estimate of drug-likeness (QED) is 0.198. The van der Waals surface area contributed by atoms with Crippen LogP contribution in [0, 0.1) is 21.4 Å². The number of hydrogen-bond acceptors (Lipinski definition) is 6. The third-order valence-electron chi connectivity index (χ3n) is 4.27. The number of aromatic nitrogens is 1. The van der Waals surface area contributed by atoms with Crippen LogP contribution in [0.15, 0.2) is 70.5 Å². The van der Waals surface area contributed by atoms with Crippen molar-refractivity contribution in [3.8, 4) is 28.7 Å². The number of allylic oxidation sites excluding steroid dienone is 1. The van der Waals surface area contributed by atoms with E-state index in [1.165, 1.54) is 23.5 Å². The molecule has 6 nitrogen and oxygen atoms in total. The van der Waals surface area contributed by atoms with Gasteiger partial charge in [0.15, 0.2) is 0 Å². The van der Waals surface area contributed by atoms with Crippen LogP contribution in [-0.4, -0.2) is 9.91 Å². The molecule has 0 atom stereocenters. The molecule has 0 radical (unpaired) electrons. The van der Waals surface area contributed by atoms with Crippen molar-refractivity contribution in [1.29, 1.82) is 5.26 Å². The fourth-order valence-electron chi connectivity index (χ4n) is 2.77. The molecule has 146 valence electrons. The van der Waals surface area contributed by atoms with Gasteiger partial charge in [-0.25, -0.2) is 4.98 Å². The Bertz CT molecular complexity index is 1280. The number of rotatable bonds is 5. The first-order valence-corrected chi connectivity index (χ1v) is 9.97. The second kappa shape index (κ2) is 8.33. The Balaban J connectivity index is 1.59. The summed E-state index contributed by atoms with van der Waals surface area (Å²) in [6.45, 7) is 0. The second-order valence-corrected chi connectivity index (χ2v) is 7.52. The maximum atomic E-state index is 10.8. The minimum absolute atomic E-state index is 0.0115. The molecule has 0 bridgehead atoms. The van der Waals surface area contributed by atoms with Gasteiger partial charge in [0.25, 0.3) is 5.69 Å². The van der Waals surface area contributed by atoms with Crippen molar-refractivity contribution < 1.29 is 9.34 Å². The van der Waals surface area contributed by atoms with Crippen molar-refractivity contribution in [2.24, 2.45) is 0 Å². The van der Waals surface area contributed by atoms with E-state index in [1.54, 1.807) is 42.5 Å². The van der Waals surface area contributed by atoms with Crippen LogP contribution in [0.2, 0.25) is 5.02 Å². The Morgan fingerprint density at radius 2 is 1.80 bits per heavy atom. The summed E-state index contributed by atoms with van der Waals surface area (Å²) in [5, 5.41) is 23.5. The van der Waals surface area contributed by atoms with Gasteiger partial charge in [-0.05, 0) is 36.4 Å². The van der Waals surface area contributed by atoms with Gasteiger partial charge in [0.2, 0.25) is 0 Å². The molecule has 0 aliphatic carbocycles. The van der Waals surface area contributed by atoms with Crippen molar-refractivity contribution in [3.63, 3.8) is 0 Å². The normalized spacial score (nSPS) is 11.3. The van der Waals surface area contributed by atoms with Crippen LogP contribution in [0.3, 0.4) is 0 Å². The highest BCUT2D eigenvalue weighted by molar-refractivity contribution is 7.11. The smallest absolute Gasteiger partial charge is 0.269 e. The molecule has 4 aromatic rings. The maximum Gasteiger partial charge on any atom is 0.269 e. The zero-order valence-corrected chi connectivity index (χ0v) is 16.9. The van der Waals surface area contributed by atoms with Crippen LogP contribution in [-0.2, 0) is 0 Å². The van der Waals surface area contributed by atoms with E-state index in [0.717, 1.165) is 11.3 Å². The van der Waals surface area contributed by atoms with Crippen molar-refractivity contribution in [3.05, 3.63) is 91.9 Å². The standard InChI is InChI=1S/C22H12ClN3O3S/c23-17-5-1-14(2-6-17)20-13-30-22(25-20)16(12-24)11-19-9-10-21(29-19)15-3-7-18(8-4-15)26(27)28/h1-11,13H/b16-11+. The summed E-state index contributed by atoms with van der Waals surface area (Å²) in [5.41, 5.74) is 2.77. The summed E-state index contributed by atoms with van der Waals surface area (Å²) in [6, 6.07) is 19.1. The number of benzene rings is 2. The highest BCUT2D eigenvalue weighted by Crippen LogP contribution is 2.30. The van der Waals surface area contributed by atoms with Crippen molar-refractivity contribution >= 4 is 40.3 Å². The molecule has 8 heteroatoms. The van der Waals surface area contributed by atoms with Gasteiger partial charge >= 0.3 is 0 Å². The summed E-state index contributed by atoms with van der Waals surface area (Å²) in [4.78, 5) is 14.9. The van der Waals surface area contributed by atoms with Crippen molar-refractivity contribution in [1.82, 2.24) is 4.98 Å². The molecule has 2 heterocycles. The molecule has 4 rings (SSSR count). The molecule has 0 N–H and O–H groups in total. The molecule has 0 saturated heterocycles. The lowest BCUT2D eigenvalue weighted by molar-refractivity contribution is -0.384. The minimum Gasteiger partial charge on any atom is -0.457 e. The maximum absolute atomic E-state index is 10.8. The average molecular weight is 434 g/mol. The van der Waals surface area contributed by atoms with Gasteiger partial charge in [0.1, 0.15) is 22.6 Å². The lowest BCUT2D eigenvalue weighted by Crippen LogP contribution is -1.86. The summed E-state index contributed by atoms with van der Waals surface area (Å²) in [6.07, 6.45) is 1.62. The Hall–Kier alpha value is -3.73. The van der Waals surface area contributed by atoms with E-state index in [1.807, 2.05) is 17.5 Å². The van der Waals surface area contributed by atoms with Gasteiger partial charge in [-0.2, -0.15) is 5.26 Å². The van der Waals surface area contributed by atoms with E-state index in [9.17, 15) is 15.4 Å². The fraction of sp³-hybridized carbons (Fsp3) is 0. The van der Waals surface area contributed by atoms with Crippen molar-refractivity contribution in [2.75, 3.05) is 0 Å². The highest BCUT2D eigenvalue weighted by atomic mass is 35.5. The molecule has 30 heavy (non-hydrogen) atoms. The summed E-state index contributed by atoms with van der Waals surface area (Å²) in [5.74, 6) is 1.04.